The van der Waals surface area contributed by atoms with Crippen molar-refractivity contribution in [3.05, 3.63) is 81.7 Å². The number of rotatable bonds is 6. The number of aliphatic imine (C=N–C) groups is 1. The minimum Gasteiger partial charge on any atom is -0.278 e. The smallest absolute Gasteiger partial charge is 0.278 e. The fourth-order valence-electron chi connectivity index (χ4n) is 4.14. The Labute approximate surface area is 186 Å². The molecule has 0 amide bonds. The van der Waals surface area contributed by atoms with Crippen molar-refractivity contribution in [1.29, 1.82) is 0 Å². The molecule has 4 aromatic rings. The second kappa shape index (κ2) is 8.02. The number of hydrogen-bond acceptors (Lipinski definition) is 4. The largest absolute Gasteiger partial charge is 0.416 e. The summed E-state index contributed by atoms with van der Waals surface area (Å²) >= 11 is 0. The lowest BCUT2D eigenvalue weighted by atomic mass is 10.1. The predicted octanol–water partition coefficient (Wildman–Crippen LogP) is 4.04. The molecule has 5 rings (SSSR count). The van der Waals surface area contributed by atoms with Crippen LogP contribution in [-0.2, 0) is 32.1 Å². The summed E-state index contributed by atoms with van der Waals surface area (Å²) in [6.45, 7) is 3.01. The molecule has 0 N–H and O–H groups in total. The van der Waals surface area contributed by atoms with E-state index in [4.69, 9.17) is 4.99 Å². The third-order valence-electron chi connectivity index (χ3n) is 5.75. The van der Waals surface area contributed by atoms with E-state index in [2.05, 4.69) is 10.1 Å². The molecule has 1 aliphatic heterocycles. The van der Waals surface area contributed by atoms with Crippen LogP contribution in [0.15, 0.2) is 58.8 Å². The number of benzene rings is 1. The third-order valence-corrected chi connectivity index (χ3v) is 5.75. The van der Waals surface area contributed by atoms with Gasteiger partial charge in [0.15, 0.2) is 0 Å². The predicted molar refractivity (Wildman–Crippen MR) is 117 cm³/mol. The van der Waals surface area contributed by atoms with E-state index in [0.29, 0.717) is 48.7 Å². The first-order valence-electron chi connectivity index (χ1n) is 10.7. The van der Waals surface area contributed by atoms with Crippen molar-refractivity contribution in [2.45, 2.75) is 45.5 Å². The molecule has 0 aliphatic carbocycles. The molecule has 0 fully saturated rings. The first-order chi connectivity index (χ1) is 15.8. The van der Waals surface area contributed by atoms with Crippen LogP contribution < -0.4 is 5.56 Å². The summed E-state index contributed by atoms with van der Waals surface area (Å²) in [6.07, 6.45) is 4.20. The minimum atomic E-state index is -4.36. The maximum atomic E-state index is 13.0. The van der Waals surface area contributed by atoms with E-state index in [1.807, 2.05) is 17.5 Å². The number of aromatic nitrogens is 5. The molecule has 0 radical (unpaired) electrons. The molecule has 1 aliphatic rings. The molecule has 10 heteroatoms. The van der Waals surface area contributed by atoms with Crippen molar-refractivity contribution in [2.75, 3.05) is 0 Å². The molecule has 4 heterocycles. The van der Waals surface area contributed by atoms with Crippen LogP contribution in [0.2, 0.25) is 0 Å². The Balaban J connectivity index is 1.37. The summed E-state index contributed by atoms with van der Waals surface area (Å²) in [5, 5.41) is 4.34. The standard InChI is InChI=1S/C23H21F3N6O/c1-2-8-32-21(33)18-12-19(29-20(18)31-10-7-27-22(31)32)16-13-28-30(14-16)9-6-15-4-3-5-17(11-15)23(24,25)26/h3-5,7,10-11,13-14H,2,6,8-9,12H2,1H3. The molecule has 3 aromatic heterocycles. The van der Waals surface area contributed by atoms with E-state index >= 15 is 0 Å². The molecule has 7 nitrogen and oxygen atoms in total. The van der Waals surface area contributed by atoms with Crippen LogP contribution in [0.25, 0.3) is 5.78 Å². The van der Waals surface area contributed by atoms with Crippen molar-refractivity contribution in [1.82, 2.24) is 23.7 Å². The zero-order valence-corrected chi connectivity index (χ0v) is 17.9. The third kappa shape index (κ3) is 3.85. The van der Waals surface area contributed by atoms with Gasteiger partial charge in [0.1, 0.15) is 5.82 Å². The normalized spacial score (nSPS) is 13.5. The molecule has 0 saturated carbocycles. The second-order valence-electron chi connectivity index (χ2n) is 8.03. The highest BCUT2D eigenvalue weighted by Crippen LogP contribution is 2.30. The molecule has 0 saturated heterocycles. The van der Waals surface area contributed by atoms with Gasteiger partial charge in [0, 0.05) is 43.7 Å². The fraction of sp³-hybridized carbons (Fsp3) is 0.304. The Morgan fingerprint density at radius 3 is 2.82 bits per heavy atom. The van der Waals surface area contributed by atoms with Crippen LogP contribution in [0.5, 0.6) is 0 Å². The Morgan fingerprint density at radius 1 is 1.18 bits per heavy atom. The first-order valence-corrected chi connectivity index (χ1v) is 10.7. The van der Waals surface area contributed by atoms with Gasteiger partial charge in [-0.3, -0.25) is 18.4 Å². The van der Waals surface area contributed by atoms with Gasteiger partial charge in [-0.2, -0.15) is 18.3 Å². The second-order valence-corrected chi connectivity index (χ2v) is 8.03. The Kier molecular flexibility index (Phi) is 5.15. The molecule has 0 atom stereocenters. The van der Waals surface area contributed by atoms with Crippen LogP contribution in [0, 0.1) is 0 Å². The zero-order valence-electron chi connectivity index (χ0n) is 17.9. The van der Waals surface area contributed by atoms with E-state index in [1.54, 1.807) is 33.9 Å². The van der Waals surface area contributed by atoms with Gasteiger partial charge in [0.05, 0.1) is 23.0 Å². The summed E-state index contributed by atoms with van der Waals surface area (Å²) in [4.78, 5) is 22.1. The van der Waals surface area contributed by atoms with Gasteiger partial charge >= 0.3 is 6.18 Å². The van der Waals surface area contributed by atoms with E-state index in [0.717, 1.165) is 23.8 Å². The van der Waals surface area contributed by atoms with E-state index in [-0.39, 0.29) is 5.56 Å². The molecule has 0 unspecified atom stereocenters. The van der Waals surface area contributed by atoms with Crippen LogP contribution in [-0.4, -0.2) is 29.4 Å². The summed E-state index contributed by atoms with van der Waals surface area (Å²) in [7, 11) is 0. The number of imidazole rings is 1. The average Bonchev–Trinajstić information content (AvgIpc) is 3.53. The molecule has 1 aromatic carbocycles. The van der Waals surface area contributed by atoms with Gasteiger partial charge in [0.25, 0.3) is 5.56 Å². The highest BCUT2D eigenvalue weighted by Gasteiger charge is 2.30. The highest BCUT2D eigenvalue weighted by molar-refractivity contribution is 6.05. The molecule has 33 heavy (non-hydrogen) atoms. The summed E-state index contributed by atoms with van der Waals surface area (Å²) in [5.74, 6) is 1.16. The number of nitrogens with zero attached hydrogens (tertiary/aromatic N) is 6. The zero-order chi connectivity index (χ0) is 23.2. The maximum absolute atomic E-state index is 13.0. The molecule has 0 spiro atoms. The van der Waals surface area contributed by atoms with E-state index in [9.17, 15) is 18.0 Å². The molecule has 170 valence electrons. The van der Waals surface area contributed by atoms with Crippen molar-refractivity contribution in [3.8, 4) is 0 Å². The molecular formula is C23H21F3N6O. The van der Waals surface area contributed by atoms with Gasteiger partial charge in [-0.1, -0.05) is 25.1 Å². The van der Waals surface area contributed by atoms with Gasteiger partial charge < -0.3 is 0 Å². The van der Waals surface area contributed by atoms with Crippen LogP contribution in [0.3, 0.4) is 0 Å². The fourth-order valence-corrected chi connectivity index (χ4v) is 4.14. The van der Waals surface area contributed by atoms with E-state index in [1.165, 1.54) is 12.1 Å². The summed E-state index contributed by atoms with van der Waals surface area (Å²) in [6, 6.07) is 5.32. The van der Waals surface area contributed by atoms with Gasteiger partial charge in [0.2, 0.25) is 5.78 Å². The Hall–Kier alpha value is -3.69. The maximum Gasteiger partial charge on any atom is 0.416 e. The lowest BCUT2D eigenvalue weighted by molar-refractivity contribution is -0.137. The van der Waals surface area contributed by atoms with Crippen molar-refractivity contribution >= 4 is 17.3 Å². The topological polar surface area (TPSA) is 69.5 Å². The SMILES string of the molecule is CCCn1c(=O)c2c(n3ccnc13)N=C(c1cnn(CCc3cccc(C(F)(F)F)c3)c1)C2. The Bertz CT molecular complexity index is 1430. The first kappa shape index (κ1) is 21.2. The highest BCUT2D eigenvalue weighted by atomic mass is 19.4. The monoisotopic (exact) mass is 454 g/mol. The Morgan fingerprint density at radius 2 is 2.03 bits per heavy atom. The van der Waals surface area contributed by atoms with E-state index < -0.39 is 11.7 Å². The number of halogens is 3. The van der Waals surface area contributed by atoms with Gasteiger partial charge in [-0.15, -0.1) is 0 Å². The number of alkyl halides is 3. The van der Waals surface area contributed by atoms with Crippen LogP contribution in [0.4, 0.5) is 19.0 Å². The lowest BCUT2D eigenvalue weighted by Gasteiger charge is -2.09. The minimum absolute atomic E-state index is 0.0822. The molecular weight excluding hydrogens is 433 g/mol. The quantitative estimate of drug-likeness (QED) is 0.442. The van der Waals surface area contributed by atoms with Crippen LogP contribution >= 0.6 is 0 Å². The average molecular weight is 454 g/mol. The van der Waals surface area contributed by atoms with Gasteiger partial charge in [-0.05, 0) is 24.5 Å². The summed E-state index contributed by atoms with van der Waals surface area (Å²) in [5.41, 5.74) is 1.99. The lowest BCUT2D eigenvalue weighted by Crippen LogP contribution is -2.26. The number of aryl methyl sites for hydroxylation is 3. The summed E-state index contributed by atoms with van der Waals surface area (Å²) < 4.78 is 44.0. The molecule has 0 bridgehead atoms. The van der Waals surface area contributed by atoms with Crippen molar-refractivity contribution < 1.29 is 13.2 Å². The van der Waals surface area contributed by atoms with Crippen LogP contribution in [0.1, 0.15) is 35.6 Å². The van der Waals surface area contributed by atoms with Crippen molar-refractivity contribution in [2.24, 2.45) is 4.99 Å². The van der Waals surface area contributed by atoms with Gasteiger partial charge in [-0.25, -0.2) is 9.98 Å². The number of fused-ring (bicyclic) bond motifs is 3. The number of hydrogen-bond donors (Lipinski definition) is 0. The van der Waals surface area contributed by atoms with Crippen molar-refractivity contribution in [3.63, 3.8) is 0 Å².